The van der Waals surface area contributed by atoms with Gasteiger partial charge in [-0.1, -0.05) is 6.92 Å². The number of likely N-dealkylation sites (N-methyl/N-ethyl adjacent to an activating group) is 2. The Kier molecular flexibility index (Phi) is 4.73. The highest BCUT2D eigenvalue weighted by Gasteiger charge is 2.37. The van der Waals surface area contributed by atoms with E-state index in [1.807, 2.05) is 18.7 Å². The van der Waals surface area contributed by atoms with Gasteiger partial charge in [-0.25, -0.2) is 0 Å². The standard InChI is InChI=1S/C13H24N2O3/c1-5-14(13(3,4)12(17)18)9-11(16)15(6-2)10-7-8-10/h10H,5-9H2,1-4H3,(H,17,18). The van der Waals surface area contributed by atoms with Crippen molar-refractivity contribution in [2.75, 3.05) is 19.6 Å². The van der Waals surface area contributed by atoms with Crippen LogP contribution in [0.25, 0.3) is 0 Å². The van der Waals surface area contributed by atoms with Gasteiger partial charge in [-0.05, 0) is 40.2 Å². The number of nitrogens with zero attached hydrogens (tertiary/aromatic N) is 2. The van der Waals surface area contributed by atoms with Gasteiger partial charge < -0.3 is 10.0 Å². The third-order valence-electron chi connectivity index (χ3n) is 3.67. The average Bonchev–Trinajstić information content (AvgIpc) is 3.10. The molecule has 1 amide bonds. The first-order valence-electron chi connectivity index (χ1n) is 6.62. The molecule has 0 radical (unpaired) electrons. The molecule has 1 rings (SSSR count). The van der Waals surface area contributed by atoms with Crippen LogP contribution >= 0.6 is 0 Å². The molecule has 0 heterocycles. The molecule has 0 aromatic rings. The number of carboxylic acids is 1. The van der Waals surface area contributed by atoms with Crippen molar-refractivity contribution in [2.24, 2.45) is 0 Å². The Morgan fingerprint density at radius 2 is 1.78 bits per heavy atom. The molecule has 0 aromatic carbocycles. The Morgan fingerprint density at radius 1 is 1.22 bits per heavy atom. The van der Waals surface area contributed by atoms with Crippen molar-refractivity contribution in [1.29, 1.82) is 0 Å². The van der Waals surface area contributed by atoms with E-state index in [0.29, 0.717) is 19.1 Å². The molecule has 104 valence electrons. The molecule has 1 fully saturated rings. The van der Waals surface area contributed by atoms with E-state index in [2.05, 4.69) is 0 Å². The lowest BCUT2D eigenvalue weighted by molar-refractivity contribution is -0.151. The van der Waals surface area contributed by atoms with Crippen LogP contribution in [0.3, 0.4) is 0 Å². The highest BCUT2D eigenvalue weighted by molar-refractivity contribution is 5.82. The van der Waals surface area contributed by atoms with Crippen LogP contribution in [0.4, 0.5) is 0 Å². The van der Waals surface area contributed by atoms with Gasteiger partial charge in [0.1, 0.15) is 5.54 Å². The molecule has 1 saturated carbocycles. The monoisotopic (exact) mass is 256 g/mol. The van der Waals surface area contributed by atoms with E-state index in [0.717, 1.165) is 12.8 Å². The zero-order valence-corrected chi connectivity index (χ0v) is 11.8. The second-order valence-electron chi connectivity index (χ2n) is 5.29. The maximum Gasteiger partial charge on any atom is 0.323 e. The summed E-state index contributed by atoms with van der Waals surface area (Å²) in [5.41, 5.74) is -1.01. The Hall–Kier alpha value is -1.10. The summed E-state index contributed by atoms with van der Waals surface area (Å²) in [6.07, 6.45) is 2.15. The van der Waals surface area contributed by atoms with Crippen LogP contribution in [0, 0.1) is 0 Å². The molecule has 1 N–H and O–H groups in total. The molecule has 0 atom stereocenters. The van der Waals surface area contributed by atoms with Crippen molar-refractivity contribution in [3.8, 4) is 0 Å². The first-order chi connectivity index (χ1) is 8.34. The Morgan fingerprint density at radius 3 is 2.11 bits per heavy atom. The van der Waals surface area contributed by atoms with Gasteiger partial charge in [0.05, 0.1) is 6.54 Å². The second kappa shape index (κ2) is 5.69. The fraction of sp³-hybridized carbons (Fsp3) is 0.846. The summed E-state index contributed by atoms with van der Waals surface area (Å²) >= 11 is 0. The van der Waals surface area contributed by atoms with Crippen LogP contribution in [0.15, 0.2) is 0 Å². The van der Waals surface area contributed by atoms with Crippen LogP contribution in [-0.2, 0) is 9.59 Å². The summed E-state index contributed by atoms with van der Waals surface area (Å²) in [5, 5.41) is 9.21. The summed E-state index contributed by atoms with van der Waals surface area (Å²) < 4.78 is 0. The van der Waals surface area contributed by atoms with E-state index in [9.17, 15) is 14.7 Å². The molecular weight excluding hydrogens is 232 g/mol. The first-order valence-corrected chi connectivity index (χ1v) is 6.62. The molecule has 0 aromatic heterocycles. The highest BCUT2D eigenvalue weighted by Crippen LogP contribution is 2.27. The van der Waals surface area contributed by atoms with Gasteiger partial charge in [0.2, 0.25) is 5.91 Å². The summed E-state index contributed by atoms with van der Waals surface area (Å²) in [6.45, 7) is 8.56. The minimum absolute atomic E-state index is 0.0381. The van der Waals surface area contributed by atoms with Crippen LogP contribution in [0.2, 0.25) is 0 Å². The molecule has 0 saturated heterocycles. The van der Waals surface area contributed by atoms with E-state index >= 15 is 0 Å². The Bertz CT molecular complexity index is 324. The molecular formula is C13H24N2O3. The molecule has 5 nitrogen and oxygen atoms in total. The van der Waals surface area contributed by atoms with Crippen LogP contribution in [-0.4, -0.2) is 58.0 Å². The van der Waals surface area contributed by atoms with Gasteiger partial charge in [-0.3, -0.25) is 14.5 Å². The fourth-order valence-electron chi connectivity index (χ4n) is 2.12. The van der Waals surface area contributed by atoms with Crippen LogP contribution in [0.5, 0.6) is 0 Å². The van der Waals surface area contributed by atoms with E-state index in [-0.39, 0.29) is 12.5 Å². The van der Waals surface area contributed by atoms with Gasteiger partial charge >= 0.3 is 5.97 Å². The number of carbonyl (C=O) groups excluding carboxylic acids is 1. The van der Waals surface area contributed by atoms with Crippen molar-refractivity contribution < 1.29 is 14.7 Å². The molecule has 0 unspecified atom stereocenters. The van der Waals surface area contributed by atoms with E-state index in [1.54, 1.807) is 18.7 Å². The molecule has 0 aliphatic heterocycles. The maximum absolute atomic E-state index is 12.2. The molecule has 1 aliphatic carbocycles. The van der Waals surface area contributed by atoms with Crippen LogP contribution in [0.1, 0.15) is 40.5 Å². The van der Waals surface area contributed by atoms with Crippen molar-refractivity contribution in [3.05, 3.63) is 0 Å². The minimum atomic E-state index is -1.01. The summed E-state index contributed by atoms with van der Waals surface area (Å²) in [5.74, 6) is -0.859. The van der Waals surface area contributed by atoms with Crippen molar-refractivity contribution in [3.63, 3.8) is 0 Å². The zero-order chi connectivity index (χ0) is 13.9. The van der Waals surface area contributed by atoms with E-state index < -0.39 is 11.5 Å². The summed E-state index contributed by atoms with van der Waals surface area (Å²) in [6, 6.07) is 0.383. The Balaban J connectivity index is 2.67. The fourth-order valence-corrected chi connectivity index (χ4v) is 2.12. The smallest absolute Gasteiger partial charge is 0.323 e. The van der Waals surface area contributed by atoms with Gasteiger partial charge in [-0.15, -0.1) is 0 Å². The zero-order valence-electron chi connectivity index (χ0n) is 11.8. The predicted octanol–water partition coefficient (Wildman–Crippen LogP) is 1.18. The first kappa shape index (κ1) is 15.0. The summed E-state index contributed by atoms with van der Waals surface area (Å²) in [7, 11) is 0. The van der Waals surface area contributed by atoms with Gasteiger partial charge in [0, 0.05) is 12.6 Å². The minimum Gasteiger partial charge on any atom is -0.480 e. The van der Waals surface area contributed by atoms with Crippen molar-refractivity contribution >= 4 is 11.9 Å². The third-order valence-corrected chi connectivity index (χ3v) is 3.67. The average molecular weight is 256 g/mol. The second-order valence-corrected chi connectivity index (χ2v) is 5.29. The number of rotatable bonds is 7. The van der Waals surface area contributed by atoms with Crippen molar-refractivity contribution in [1.82, 2.24) is 9.80 Å². The topological polar surface area (TPSA) is 60.9 Å². The molecule has 0 spiro atoms. The largest absolute Gasteiger partial charge is 0.480 e. The quantitative estimate of drug-likeness (QED) is 0.743. The Labute approximate surface area is 109 Å². The lowest BCUT2D eigenvalue weighted by atomic mass is 10.0. The van der Waals surface area contributed by atoms with Crippen molar-refractivity contribution in [2.45, 2.75) is 52.1 Å². The van der Waals surface area contributed by atoms with Gasteiger partial charge in [-0.2, -0.15) is 0 Å². The lowest BCUT2D eigenvalue weighted by Gasteiger charge is -2.35. The molecule has 1 aliphatic rings. The van der Waals surface area contributed by atoms with Gasteiger partial charge in [0.25, 0.3) is 0 Å². The third kappa shape index (κ3) is 3.22. The number of hydrogen-bond acceptors (Lipinski definition) is 3. The highest BCUT2D eigenvalue weighted by atomic mass is 16.4. The number of carbonyl (C=O) groups is 2. The normalized spacial score (nSPS) is 15.8. The van der Waals surface area contributed by atoms with E-state index in [4.69, 9.17) is 0 Å². The van der Waals surface area contributed by atoms with Crippen LogP contribution < -0.4 is 0 Å². The van der Waals surface area contributed by atoms with E-state index in [1.165, 1.54) is 0 Å². The van der Waals surface area contributed by atoms with Gasteiger partial charge in [0.15, 0.2) is 0 Å². The maximum atomic E-state index is 12.2. The summed E-state index contributed by atoms with van der Waals surface area (Å²) in [4.78, 5) is 27.0. The molecule has 0 bridgehead atoms. The predicted molar refractivity (Wildman–Crippen MR) is 69.4 cm³/mol. The number of amides is 1. The SMILES string of the molecule is CCN(C(=O)CN(CC)C(C)(C)C(=O)O)C1CC1. The molecule has 5 heteroatoms. The molecule has 18 heavy (non-hydrogen) atoms. The lowest BCUT2D eigenvalue weighted by Crippen LogP contribution is -2.54. The number of carboxylic acid groups (broad SMARTS) is 1. The number of aliphatic carboxylic acids is 1. The number of hydrogen-bond donors (Lipinski definition) is 1.